The molecule has 118 valence electrons. The third-order valence-corrected chi connectivity index (χ3v) is 3.85. The molecule has 0 aromatic carbocycles. The highest BCUT2D eigenvalue weighted by Crippen LogP contribution is 2.35. The number of amides is 1. The Morgan fingerprint density at radius 2 is 1.77 bits per heavy atom. The number of rotatable bonds is 4. The molecule has 1 aliphatic heterocycles. The molecule has 1 aromatic heterocycles. The molecule has 2 heterocycles. The van der Waals surface area contributed by atoms with Crippen LogP contribution in [-0.4, -0.2) is 30.0 Å². The van der Waals surface area contributed by atoms with Crippen LogP contribution in [0, 0.1) is 0 Å². The first-order valence-corrected chi connectivity index (χ1v) is 7.70. The molecule has 0 saturated heterocycles. The number of hydrogen-bond acceptors (Lipinski definition) is 3. The van der Waals surface area contributed by atoms with Gasteiger partial charge in [-0.25, -0.2) is 0 Å². The van der Waals surface area contributed by atoms with Crippen molar-refractivity contribution >= 4 is 17.3 Å². The zero-order chi connectivity index (χ0) is 16.3. The number of carbonyl (C=O) groups excluding carboxylic acids is 1. The van der Waals surface area contributed by atoms with Gasteiger partial charge in [-0.3, -0.25) is 9.78 Å². The lowest BCUT2D eigenvalue weighted by atomic mass is 10.1. The topological polar surface area (TPSA) is 36.4 Å². The van der Waals surface area contributed by atoms with Gasteiger partial charge in [0.05, 0.1) is 17.6 Å². The lowest BCUT2D eigenvalue weighted by Gasteiger charge is -2.40. The average Bonchev–Trinajstić information content (AvgIpc) is 2.47. The molecule has 0 N–H and O–H groups in total. The molecular formula is C18H25N3O. The van der Waals surface area contributed by atoms with Crippen molar-refractivity contribution in [2.45, 2.75) is 40.7 Å². The zero-order valence-corrected chi connectivity index (χ0v) is 14.1. The lowest BCUT2D eigenvalue weighted by Crippen LogP contribution is -2.52. The van der Waals surface area contributed by atoms with Crippen LogP contribution in [0.3, 0.4) is 0 Å². The van der Waals surface area contributed by atoms with Gasteiger partial charge in [-0.1, -0.05) is 23.3 Å². The van der Waals surface area contributed by atoms with Crippen LogP contribution in [-0.2, 0) is 4.79 Å². The quantitative estimate of drug-likeness (QED) is 0.798. The van der Waals surface area contributed by atoms with E-state index in [0.29, 0.717) is 6.54 Å². The van der Waals surface area contributed by atoms with Crippen LogP contribution in [0.4, 0.5) is 11.4 Å². The van der Waals surface area contributed by atoms with Gasteiger partial charge < -0.3 is 9.80 Å². The molecule has 0 bridgehead atoms. The van der Waals surface area contributed by atoms with Gasteiger partial charge in [0.25, 0.3) is 0 Å². The van der Waals surface area contributed by atoms with Crippen molar-refractivity contribution in [3.63, 3.8) is 0 Å². The Bertz CT molecular complexity index is 611. The molecule has 0 saturated carbocycles. The number of allylic oxidation sites excluding steroid dienone is 2. The molecule has 4 heteroatoms. The van der Waals surface area contributed by atoms with Crippen LogP contribution in [0.1, 0.15) is 34.6 Å². The minimum atomic E-state index is -0.183. The smallest absolute Gasteiger partial charge is 0.249 e. The molecule has 0 spiro atoms. The van der Waals surface area contributed by atoms with E-state index in [1.165, 1.54) is 11.1 Å². The van der Waals surface area contributed by atoms with E-state index in [9.17, 15) is 4.79 Å². The van der Waals surface area contributed by atoms with Crippen molar-refractivity contribution in [1.29, 1.82) is 0 Å². The second-order valence-electron chi connectivity index (χ2n) is 6.20. The Hall–Kier alpha value is -2.10. The Balaban J connectivity index is 2.41. The van der Waals surface area contributed by atoms with Crippen molar-refractivity contribution in [3.05, 3.63) is 41.8 Å². The largest absolute Gasteiger partial charge is 0.353 e. The van der Waals surface area contributed by atoms with E-state index in [0.717, 1.165) is 17.9 Å². The average molecular weight is 299 g/mol. The summed E-state index contributed by atoms with van der Waals surface area (Å²) in [6.07, 6.45) is 7.83. The van der Waals surface area contributed by atoms with Crippen LogP contribution in [0.25, 0.3) is 0 Å². The van der Waals surface area contributed by atoms with E-state index in [-0.39, 0.29) is 11.9 Å². The Kier molecular flexibility index (Phi) is 5.01. The maximum Gasteiger partial charge on any atom is 0.249 e. The second kappa shape index (κ2) is 6.77. The molecule has 1 atom stereocenters. The fraction of sp³-hybridized carbons (Fsp3) is 0.444. The summed E-state index contributed by atoms with van der Waals surface area (Å²) in [6.45, 7) is 11.5. The summed E-state index contributed by atoms with van der Waals surface area (Å²) in [4.78, 5) is 21.0. The third-order valence-electron chi connectivity index (χ3n) is 3.85. The highest BCUT2D eigenvalue weighted by Gasteiger charge is 2.34. The predicted molar refractivity (Wildman–Crippen MR) is 92.3 cm³/mol. The SMILES string of the molecule is CC(C)=CCN1C(=O)C(C)N(CC=C(C)C)c2cnccc21. The standard InChI is InChI=1S/C18H25N3O/c1-13(2)7-10-20-15(5)18(22)21(11-8-14(3)4)16-6-9-19-12-17(16)20/h6-9,12,15H,10-11H2,1-5H3. The summed E-state index contributed by atoms with van der Waals surface area (Å²) < 4.78 is 0. The minimum Gasteiger partial charge on any atom is -0.353 e. The summed E-state index contributed by atoms with van der Waals surface area (Å²) in [6, 6.07) is 1.74. The summed E-state index contributed by atoms with van der Waals surface area (Å²) in [5.41, 5.74) is 4.42. The van der Waals surface area contributed by atoms with Gasteiger partial charge in [-0.15, -0.1) is 0 Å². The van der Waals surface area contributed by atoms with Gasteiger partial charge in [0.1, 0.15) is 6.04 Å². The van der Waals surface area contributed by atoms with E-state index < -0.39 is 0 Å². The number of pyridine rings is 1. The normalized spacial score (nSPS) is 17.1. The summed E-state index contributed by atoms with van der Waals surface area (Å²) in [5.74, 6) is 0.137. The number of hydrogen-bond donors (Lipinski definition) is 0. The number of fused-ring (bicyclic) bond motifs is 1. The molecular weight excluding hydrogens is 274 g/mol. The van der Waals surface area contributed by atoms with Crippen molar-refractivity contribution in [1.82, 2.24) is 4.98 Å². The van der Waals surface area contributed by atoms with Crippen LogP contribution in [0.5, 0.6) is 0 Å². The van der Waals surface area contributed by atoms with E-state index in [4.69, 9.17) is 0 Å². The summed E-state index contributed by atoms with van der Waals surface area (Å²) in [5, 5.41) is 0. The van der Waals surface area contributed by atoms with Gasteiger partial charge in [-0.2, -0.15) is 0 Å². The van der Waals surface area contributed by atoms with Crippen LogP contribution in [0.15, 0.2) is 41.8 Å². The fourth-order valence-corrected chi connectivity index (χ4v) is 2.51. The zero-order valence-electron chi connectivity index (χ0n) is 14.1. The minimum absolute atomic E-state index is 0.137. The fourth-order valence-electron chi connectivity index (χ4n) is 2.51. The molecule has 0 fully saturated rings. The molecule has 22 heavy (non-hydrogen) atoms. The molecule has 2 rings (SSSR count). The second-order valence-corrected chi connectivity index (χ2v) is 6.20. The molecule has 4 nitrogen and oxygen atoms in total. The molecule has 1 aliphatic rings. The number of carbonyl (C=O) groups is 1. The lowest BCUT2D eigenvalue weighted by molar-refractivity contribution is -0.119. The molecule has 0 aliphatic carbocycles. The van der Waals surface area contributed by atoms with Crippen molar-refractivity contribution < 1.29 is 4.79 Å². The Morgan fingerprint density at radius 1 is 1.14 bits per heavy atom. The van der Waals surface area contributed by atoms with E-state index in [1.807, 2.05) is 37.9 Å². The molecule has 1 unspecified atom stereocenters. The highest BCUT2D eigenvalue weighted by molar-refractivity contribution is 6.05. The van der Waals surface area contributed by atoms with E-state index >= 15 is 0 Å². The summed E-state index contributed by atoms with van der Waals surface area (Å²) >= 11 is 0. The van der Waals surface area contributed by atoms with Crippen LogP contribution >= 0.6 is 0 Å². The molecule has 1 amide bonds. The first kappa shape index (κ1) is 16.3. The Labute approximate surface area is 133 Å². The summed E-state index contributed by atoms with van der Waals surface area (Å²) in [7, 11) is 0. The highest BCUT2D eigenvalue weighted by atomic mass is 16.2. The van der Waals surface area contributed by atoms with Gasteiger partial charge in [0.15, 0.2) is 0 Å². The molecule has 1 aromatic rings. The number of anilines is 2. The van der Waals surface area contributed by atoms with Gasteiger partial charge in [-0.05, 0) is 40.7 Å². The Morgan fingerprint density at radius 3 is 2.41 bits per heavy atom. The van der Waals surface area contributed by atoms with Crippen molar-refractivity contribution in [3.8, 4) is 0 Å². The first-order valence-electron chi connectivity index (χ1n) is 7.70. The number of nitrogens with zero attached hydrogens (tertiary/aromatic N) is 3. The predicted octanol–water partition coefficient (Wildman–Crippen LogP) is 3.56. The monoisotopic (exact) mass is 299 g/mol. The maximum atomic E-state index is 12.8. The van der Waals surface area contributed by atoms with Crippen molar-refractivity contribution in [2.75, 3.05) is 22.9 Å². The van der Waals surface area contributed by atoms with Gasteiger partial charge >= 0.3 is 0 Å². The molecule has 0 radical (unpaired) electrons. The van der Waals surface area contributed by atoms with Gasteiger partial charge in [0.2, 0.25) is 5.91 Å². The van der Waals surface area contributed by atoms with E-state index in [2.05, 4.69) is 35.9 Å². The van der Waals surface area contributed by atoms with E-state index in [1.54, 1.807) is 6.20 Å². The van der Waals surface area contributed by atoms with Crippen LogP contribution in [0.2, 0.25) is 0 Å². The van der Waals surface area contributed by atoms with Gasteiger partial charge in [0, 0.05) is 19.3 Å². The van der Waals surface area contributed by atoms with Crippen molar-refractivity contribution in [2.24, 2.45) is 0 Å². The number of aromatic nitrogens is 1. The third kappa shape index (κ3) is 3.38. The maximum absolute atomic E-state index is 12.8. The van der Waals surface area contributed by atoms with Crippen LogP contribution < -0.4 is 9.80 Å². The first-order chi connectivity index (χ1) is 10.4.